The molecular weight excluding hydrogens is 248 g/mol. The highest BCUT2D eigenvalue weighted by atomic mass is 15.3. The minimum atomic E-state index is 0.420. The Hall–Kier alpha value is -2.10. The number of hydrogen-bond donors (Lipinski definition) is 1. The van der Waals surface area contributed by atoms with E-state index in [4.69, 9.17) is 4.98 Å². The predicted octanol–water partition coefficient (Wildman–Crippen LogP) is 3.38. The lowest BCUT2D eigenvalue weighted by Crippen LogP contribution is -2.25. The molecule has 1 aromatic heterocycles. The van der Waals surface area contributed by atoms with Gasteiger partial charge in [0.25, 0.3) is 0 Å². The van der Waals surface area contributed by atoms with E-state index in [0.29, 0.717) is 6.04 Å². The van der Waals surface area contributed by atoms with Gasteiger partial charge in [-0.15, -0.1) is 0 Å². The molecule has 0 bridgehead atoms. The van der Waals surface area contributed by atoms with Crippen molar-refractivity contribution in [3.63, 3.8) is 0 Å². The van der Waals surface area contributed by atoms with Gasteiger partial charge < -0.3 is 10.2 Å². The van der Waals surface area contributed by atoms with Crippen LogP contribution >= 0.6 is 0 Å². The van der Waals surface area contributed by atoms with Crippen molar-refractivity contribution >= 4 is 17.3 Å². The maximum atomic E-state index is 4.69. The van der Waals surface area contributed by atoms with E-state index in [1.165, 1.54) is 11.3 Å². The van der Waals surface area contributed by atoms with Gasteiger partial charge in [0.15, 0.2) is 5.82 Å². The zero-order chi connectivity index (χ0) is 13.9. The number of hydrogen-bond acceptors (Lipinski definition) is 4. The molecule has 2 aromatic rings. The molecule has 0 amide bonds. The molecule has 3 rings (SSSR count). The van der Waals surface area contributed by atoms with Crippen LogP contribution in [0.5, 0.6) is 0 Å². The van der Waals surface area contributed by atoms with Crippen LogP contribution in [0, 0.1) is 0 Å². The number of para-hydroxylation sites is 1. The quantitative estimate of drug-likeness (QED) is 0.923. The molecule has 1 aromatic carbocycles. The van der Waals surface area contributed by atoms with E-state index in [0.717, 1.165) is 31.0 Å². The molecular formula is C16H20N4. The van der Waals surface area contributed by atoms with Crippen LogP contribution in [0.2, 0.25) is 0 Å². The van der Waals surface area contributed by atoms with Crippen LogP contribution in [-0.2, 0) is 6.42 Å². The van der Waals surface area contributed by atoms with Gasteiger partial charge in [-0.25, -0.2) is 4.98 Å². The number of anilines is 3. The van der Waals surface area contributed by atoms with Gasteiger partial charge in [0.1, 0.15) is 5.82 Å². The fourth-order valence-electron chi connectivity index (χ4n) is 2.72. The summed E-state index contributed by atoms with van der Waals surface area (Å²) >= 11 is 0. The molecule has 20 heavy (non-hydrogen) atoms. The largest absolute Gasteiger partial charge is 0.369 e. The second kappa shape index (κ2) is 5.49. The first-order valence-corrected chi connectivity index (χ1v) is 7.22. The van der Waals surface area contributed by atoms with Crippen LogP contribution in [0.15, 0.2) is 36.7 Å². The highest BCUT2D eigenvalue weighted by Crippen LogP contribution is 2.36. The lowest BCUT2D eigenvalue weighted by Gasteiger charge is -2.23. The third-order valence-corrected chi connectivity index (χ3v) is 3.63. The minimum Gasteiger partial charge on any atom is -0.369 e. The van der Waals surface area contributed by atoms with E-state index in [1.54, 1.807) is 6.20 Å². The SMILES string of the molecule is CCCNc1cncc(N2c3ccccc3CC2C)n1. The lowest BCUT2D eigenvalue weighted by atomic mass is 10.1. The molecule has 0 aliphatic carbocycles. The number of nitrogens with zero attached hydrogens (tertiary/aromatic N) is 3. The Bertz CT molecular complexity index is 597. The first-order valence-electron chi connectivity index (χ1n) is 7.22. The van der Waals surface area contributed by atoms with Crippen molar-refractivity contribution in [2.24, 2.45) is 0 Å². The summed E-state index contributed by atoms with van der Waals surface area (Å²) in [5.74, 6) is 1.77. The van der Waals surface area contributed by atoms with Crippen LogP contribution in [0.3, 0.4) is 0 Å². The molecule has 0 spiro atoms. The molecule has 0 fully saturated rings. The average molecular weight is 268 g/mol. The zero-order valence-corrected chi connectivity index (χ0v) is 12.0. The summed E-state index contributed by atoms with van der Waals surface area (Å²) in [6, 6.07) is 8.95. The van der Waals surface area contributed by atoms with E-state index >= 15 is 0 Å². The summed E-state index contributed by atoms with van der Waals surface area (Å²) in [6.07, 6.45) is 5.76. The molecule has 0 radical (unpaired) electrons. The number of aromatic nitrogens is 2. The van der Waals surface area contributed by atoms with E-state index < -0.39 is 0 Å². The summed E-state index contributed by atoms with van der Waals surface area (Å²) < 4.78 is 0. The molecule has 104 valence electrons. The highest BCUT2D eigenvalue weighted by Gasteiger charge is 2.27. The van der Waals surface area contributed by atoms with E-state index in [2.05, 4.69) is 53.3 Å². The number of nitrogens with one attached hydrogen (secondary N) is 1. The number of rotatable bonds is 4. The normalized spacial score (nSPS) is 17.1. The van der Waals surface area contributed by atoms with Crippen molar-refractivity contribution in [1.29, 1.82) is 0 Å². The van der Waals surface area contributed by atoms with E-state index in [9.17, 15) is 0 Å². The Kier molecular flexibility index (Phi) is 3.54. The second-order valence-corrected chi connectivity index (χ2v) is 5.24. The van der Waals surface area contributed by atoms with E-state index in [1.807, 2.05) is 6.20 Å². The molecule has 1 atom stereocenters. The van der Waals surface area contributed by atoms with Gasteiger partial charge in [-0.3, -0.25) is 4.98 Å². The maximum absolute atomic E-state index is 4.69. The summed E-state index contributed by atoms with van der Waals surface area (Å²) in [4.78, 5) is 11.3. The Morgan fingerprint density at radius 3 is 3.00 bits per heavy atom. The molecule has 1 N–H and O–H groups in total. The minimum absolute atomic E-state index is 0.420. The maximum Gasteiger partial charge on any atom is 0.154 e. The number of benzene rings is 1. The van der Waals surface area contributed by atoms with Crippen molar-refractivity contribution in [3.8, 4) is 0 Å². The molecule has 4 nitrogen and oxygen atoms in total. The molecule has 4 heteroatoms. The van der Waals surface area contributed by atoms with Crippen molar-refractivity contribution in [2.75, 3.05) is 16.8 Å². The third-order valence-electron chi connectivity index (χ3n) is 3.63. The van der Waals surface area contributed by atoms with Crippen LogP contribution in [0.25, 0.3) is 0 Å². The first kappa shape index (κ1) is 12.9. The Morgan fingerprint density at radius 2 is 2.15 bits per heavy atom. The van der Waals surface area contributed by atoms with Crippen LogP contribution in [-0.4, -0.2) is 22.6 Å². The molecule has 2 heterocycles. The average Bonchev–Trinajstić information content (AvgIpc) is 2.81. The van der Waals surface area contributed by atoms with Crippen LogP contribution in [0.1, 0.15) is 25.8 Å². The molecule has 0 saturated heterocycles. The van der Waals surface area contributed by atoms with Crippen molar-refractivity contribution in [1.82, 2.24) is 9.97 Å². The van der Waals surface area contributed by atoms with E-state index in [-0.39, 0.29) is 0 Å². The first-order chi connectivity index (χ1) is 9.79. The van der Waals surface area contributed by atoms with Crippen LogP contribution < -0.4 is 10.2 Å². The number of fused-ring (bicyclic) bond motifs is 1. The summed E-state index contributed by atoms with van der Waals surface area (Å²) in [5, 5.41) is 3.30. The smallest absolute Gasteiger partial charge is 0.154 e. The van der Waals surface area contributed by atoms with Crippen molar-refractivity contribution in [3.05, 3.63) is 42.2 Å². The predicted molar refractivity (Wildman–Crippen MR) is 82.6 cm³/mol. The Labute approximate surface area is 119 Å². The van der Waals surface area contributed by atoms with Gasteiger partial charge in [0.2, 0.25) is 0 Å². The Balaban J connectivity index is 1.93. The molecule has 1 aliphatic rings. The van der Waals surface area contributed by atoms with Gasteiger partial charge in [-0.05, 0) is 31.4 Å². The van der Waals surface area contributed by atoms with Gasteiger partial charge in [0, 0.05) is 18.3 Å². The fourth-order valence-corrected chi connectivity index (χ4v) is 2.72. The van der Waals surface area contributed by atoms with Gasteiger partial charge in [-0.2, -0.15) is 0 Å². The Morgan fingerprint density at radius 1 is 1.30 bits per heavy atom. The topological polar surface area (TPSA) is 41.1 Å². The van der Waals surface area contributed by atoms with Crippen molar-refractivity contribution in [2.45, 2.75) is 32.7 Å². The monoisotopic (exact) mass is 268 g/mol. The fraction of sp³-hybridized carbons (Fsp3) is 0.375. The van der Waals surface area contributed by atoms with Crippen LogP contribution in [0.4, 0.5) is 17.3 Å². The summed E-state index contributed by atoms with van der Waals surface area (Å²) in [6.45, 7) is 5.29. The molecule has 1 unspecified atom stereocenters. The van der Waals surface area contributed by atoms with Gasteiger partial charge >= 0.3 is 0 Å². The summed E-state index contributed by atoms with van der Waals surface area (Å²) in [7, 11) is 0. The second-order valence-electron chi connectivity index (χ2n) is 5.24. The lowest BCUT2D eigenvalue weighted by molar-refractivity contribution is 0.748. The zero-order valence-electron chi connectivity index (χ0n) is 12.0. The third kappa shape index (κ3) is 2.33. The van der Waals surface area contributed by atoms with Gasteiger partial charge in [-0.1, -0.05) is 25.1 Å². The van der Waals surface area contributed by atoms with Crippen molar-refractivity contribution < 1.29 is 0 Å². The molecule has 1 aliphatic heterocycles. The highest BCUT2D eigenvalue weighted by molar-refractivity contribution is 5.69. The standard InChI is InChI=1S/C16H20N4/c1-3-8-18-15-10-17-11-16(19-15)20-12(2)9-13-6-4-5-7-14(13)20/h4-7,10-12H,3,8-9H2,1-2H3,(H,18,19). The summed E-state index contributed by atoms with van der Waals surface area (Å²) in [5.41, 5.74) is 2.63. The molecule has 0 saturated carbocycles. The van der Waals surface area contributed by atoms with Gasteiger partial charge in [0.05, 0.1) is 12.4 Å².